The van der Waals surface area contributed by atoms with Gasteiger partial charge in [0.15, 0.2) is 0 Å². The van der Waals surface area contributed by atoms with Crippen molar-refractivity contribution < 1.29 is 0 Å². The highest BCUT2D eigenvalue weighted by Crippen LogP contribution is 2.27. The summed E-state index contributed by atoms with van der Waals surface area (Å²) in [6.45, 7) is 5.13. The van der Waals surface area contributed by atoms with Crippen LogP contribution in [0.3, 0.4) is 0 Å². The lowest BCUT2D eigenvalue weighted by Gasteiger charge is -2.46. The van der Waals surface area contributed by atoms with Crippen LogP contribution >= 0.6 is 11.6 Å². The molecule has 0 spiro atoms. The molecule has 3 nitrogen and oxygen atoms in total. The lowest BCUT2D eigenvalue weighted by Crippen LogP contribution is -2.57. The summed E-state index contributed by atoms with van der Waals surface area (Å²) in [4.78, 5) is 4.85. The molecule has 1 aromatic rings. The van der Waals surface area contributed by atoms with Crippen molar-refractivity contribution in [1.29, 1.82) is 0 Å². The Bertz CT molecular complexity index is 396. The van der Waals surface area contributed by atoms with Crippen LogP contribution in [0.5, 0.6) is 0 Å². The molecule has 2 rings (SSSR count). The first-order valence-corrected chi connectivity index (χ1v) is 6.92. The van der Waals surface area contributed by atoms with E-state index in [1.165, 1.54) is 5.69 Å². The molecule has 2 atom stereocenters. The first-order chi connectivity index (χ1) is 8.61. The topological polar surface area (TPSA) is 32.5 Å². The highest BCUT2D eigenvalue weighted by Gasteiger charge is 2.30. The maximum atomic E-state index is 6.10. The molecule has 0 saturated carbocycles. The summed E-state index contributed by atoms with van der Waals surface area (Å²) in [6, 6.07) is 9.08. The molecular formula is C14H22ClN3. The zero-order chi connectivity index (χ0) is 13.1. The van der Waals surface area contributed by atoms with Gasteiger partial charge >= 0.3 is 0 Å². The summed E-state index contributed by atoms with van der Waals surface area (Å²) >= 11 is 6.10. The third-order valence-corrected chi connectivity index (χ3v) is 3.81. The Hall–Kier alpha value is -0.770. The number of nitrogens with two attached hydrogens (primary N) is 1. The number of hydrogen-bond donors (Lipinski definition) is 1. The summed E-state index contributed by atoms with van der Waals surface area (Å²) in [6.07, 6.45) is 1.02. The van der Waals surface area contributed by atoms with E-state index in [0.29, 0.717) is 12.1 Å². The first kappa shape index (κ1) is 13.7. The van der Waals surface area contributed by atoms with Gasteiger partial charge in [-0.05, 0) is 45.1 Å². The van der Waals surface area contributed by atoms with Crippen LogP contribution in [0.1, 0.15) is 13.3 Å². The Kier molecular flexibility index (Phi) is 4.49. The van der Waals surface area contributed by atoms with Crippen LogP contribution in [0, 0.1) is 0 Å². The van der Waals surface area contributed by atoms with Crippen molar-refractivity contribution in [3.63, 3.8) is 0 Å². The number of halogens is 1. The van der Waals surface area contributed by atoms with E-state index in [-0.39, 0.29) is 0 Å². The quantitative estimate of drug-likeness (QED) is 0.911. The van der Waals surface area contributed by atoms with Crippen LogP contribution in [0.25, 0.3) is 0 Å². The lowest BCUT2D eigenvalue weighted by atomic mass is 10.0. The number of hydrogen-bond acceptors (Lipinski definition) is 3. The van der Waals surface area contributed by atoms with Crippen molar-refractivity contribution in [2.45, 2.75) is 25.4 Å². The van der Waals surface area contributed by atoms with Crippen molar-refractivity contribution >= 4 is 17.3 Å². The smallest absolute Gasteiger partial charge is 0.0432 e. The monoisotopic (exact) mass is 267 g/mol. The van der Waals surface area contributed by atoms with Gasteiger partial charge in [0.1, 0.15) is 0 Å². The molecule has 1 saturated heterocycles. The maximum Gasteiger partial charge on any atom is 0.0432 e. The number of piperazine rings is 1. The van der Waals surface area contributed by atoms with Crippen molar-refractivity contribution in [2.75, 3.05) is 31.6 Å². The van der Waals surface area contributed by atoms with Gasteiger partial charge in [-0.25, -0.2) is 0 Å². The van der Waals surface area contributed by atoms with Crippen LogP contribution in [0.4, 0.5) is 5.69 Å². The Morgan fingerprint density at radius 1 is 1.39 bits per heavy atom. The van der Waals surface area contributed by atoms with E-state index in [4.69, 9.17) is 17.3 Å². The molecule has 1 aliphatic rings. The van der Waals surface area contributed by atoms with E-state index in [1.54, 1.807) is 0 Å². The van der Waals surface area contributed by atoms with Gasteiger partial charge in [-0.2, -0.15) is 0 Å². The van der Waals surface area contributed by atoms with Crippen LogP contribution in [0.2, 0.25) is 5.02 Å². The summed E-state index contributed by atoms with van der Waals surface area (Å²) in [5.41, 5.74) is 6.96. The SMILES string of the molecule is CC1CN(C)CC(CCN)N1c1cccc(Cl)c1. The van der Waals surface area contributed by atoms with E-state index < -0.39 is 0 Å². The molecule has 2 N–H and O–H groups in total. The van der Waals surface area contributed by atoms with Gasteiger partial charge in [0.2, 0.25) is 0 Å². The van der Waals surface area contributed by atoms with Crippen molar-refractivity contribution in [3.05, 3.63) is 29.3 Å². The molecule has 4 heteroatoms. The minimum atomic E-state index is 0.474. The summed E-state index contributed by atoms with van der Waals surface area (Å²) in [5, 5.41) is 0.796. The fraction of sp³-hybridized carbons (Fsp3) is 0.571. The number of anilines is 1. The van der Waals surface area contributed by atoms with Gasteiger partial charge in [-0.1, -0.05) is 17.7 Å². The molecule has 100 valence electrons. The molecule has 1 heterocycles. The Morgan fingerprint density at radius 2 is 2.17 bits per heavy atom. The maximum absolute atomic E-state index is 6.10. The van der Waals surface area contributed by atoms with Crippen molar-refractivity contribution in [3.8, 4) is 0 Å². The molecule has 0 aliphatic carbocycles. The van der Waals surface area contributed by atoms with Crippen LogP contribution < -0.4 is 10.6 Å². The third kappa shape index (κ3) is 2.97. The summed E-state index contributed by atoms with van der Waals surface area (Å²) in [7, 11) is 2.18. The van der Waals surface area contributed by atoms with E-state index in [9.17, 15) is 0 Å². The van der Waals surface area contributed by atoms with Gasteiger partial charge in [-0.3, -0.25) is 0 Å². The number of nitrogens with zero attached hydrogens (tertiary/aromatic N) is 2. The fourth-order valence-electron chi connectivity index (χ4n) is 2.95. The molecule has 1 aromatic carbocycles. The van der Waals surface area contributed by atoms with Gasteiger partial charge in [0, 0.05) is 35.9 Å². The zero-order valence-electron chi connectivity index (χ0n) is 11.1. The number of benzene rings is 1. The highest BCUT2D eigenvalue weighted by atomic mass is 35.5. The van der Waals surface area contributed by atoms with E-state index in [0.717, 1.165) is 31.1 Å². The van der Waals surface area contributed by atoms with Gasteiger partial charge in [0.25, 0.3) is 0 Å². The minimum absolute atomic E-state index is 0.474. The molecular weight excluding hydrogens is 246 g/mol. The second kappa shape index (κ2) is 5.91. The average Bonchev–Trinajstić information content (AvgIpc) is 2.28. The molecule has 1 fully saturated rings. The largest absolute Gasteiger partial charge is 0.363 e. The average molecular weight is 268 g/mol. The normalized spacial score (nSPS) is 25.4. The molecule has 0 amide bonds. The third-order valence-electron chi connectivity index (χ3n) is 3.57. The number of likely N-dealkylation sites (N-methyl/N-ethyl adjacent to an activating group) is 1. The van der Waals surface area contributed by atoms with Crippen molar-refractivity contribution in [1.82, 2.24) is 4.90 Å². The van der Waals surface area contributed by atoms with Crippen LogP contribution in [0.15, 0.2) is 24.3 Å². The second-order valence-electron chi connectivity index (χ2n) is 5.19. The van der Waals surface area contributed by atoms with E-state index in [1.807, 2.05) is 18.2 Å². The predicted molar refractivity (Wildman–Crippen MR) is 78.3 cm³/mol. The molecule has 2 unspecified atom stereocenters. The number of rotatable bonds is 3. The standard InChI is InChI=1S/C14H22ClN3/c1-11-9-17(2)10-14(6-7-16)18(11)13-5-3-4-12(15)8-13/h3-5,8,11,14H,6-7,9-10,16H2,1-2H3. The molecule has 0 radical (unpaired) electrons. The van der Waals surface area contributed by atoms with Crippen molar-refractivity contribution in [2.24, 2.45) is 5.73 Å². The Balaban J connectivity index is 2.26. The second-order valence-corrected chi connectivity index (χ2v) is 5.62. The summed E-state index contributed by atoms with van der Waals surface area (Å²) in [5.74, 6) is 0. The lowest BCUT2D eigenvalue weighted by molar-refractivity contribution is 0.228. The zero-order valence-corrected chi connectivity index (χ0v) is 11.9. The Morgan fingerprint density at radius 3 is 2.83 bits per heavy atom. The predicted octanol–water partition coefficient (Wildman–Crippen LogP) is 2.20. The van der Waals surface area contributed by atoms with Crippen LogP contribution in [-0.4, -0.2) is 43.7 Å². The molecule has 0 bridgehead atoms. The molecule has 0 aromatic heterocycles. The van der Waals surface area contributed by atoms with Gasteiger partial charge in [-0.15, -0.1) is 0 Å². The minimum Gasteiger partial charge on any atom is -0.363 e. The summed E-state index contributed by atoms with van der Waals surface area (Å²) < 4.78 is 0. The Labute approximate surface area is 115 Å². The first-order valence-electron chi connectivity index (χ1n) is 6.54. The van der Waals surface area contributed by atoms with Crippen LogP contribution in [-0.2, 0) is 0 Å². The molecule has 18 heavy (non-hydrogen) atoms. The highest BCUT2D eigenvalue weighted by molar-refractivity contribution is 6.30. The molecule has 1 aliphatic heterocycles. The van der Waals surface area contributed by atoms with Gasteiger partial charge < -0.3 is 15.5 Å². The van der Waals surface area contributed by atoms with Gasteiger partial charge in [0.05, 0.1) is 0 Å². The van der Waals surface area contributed by atoms with E-state index >= 15 is 0 Å². The fourth-order valence-corrected chi connectivity index (χ4v) is 3.13. The van der Waals surface area contributed by atoms with E-state index in [2.05, 4.69) is 29.8 Å².